The fraction of sp³-hybridized carbons (Fsp3) is 0.444. The first kappa shape index (κ1) is 16.4. The molecule has 2 atom stereocenters. The van der Waals surface area contributed by atoms with E-state index in [1.165, 1.54) is 12.7 Å². The van der Waals surface area contributed by atoms with E-state index in [2.05, 4.69) is 17.6 Å². The maximum Gasteiger partial charge on any atom is 0.287 e. The number of hydrogen-bond donors (Lipinski definition) is 2. The van der Waals surface area contributed by atoms with Crippen LogP contribution < -0.4 is 10.6 Å². The van der Waals surface area contributed by atoms with E-state index >= 15 is 0 Å². The lowest BCUT2D eigenvalue weighted by Crippen LogP contribution is -2.34. The van der Waals surface area contributed by atoms with Gasteiger partial charge in [-0.1, -0.05) is 6.92 Å². The van der Waals surface area contributed by atoms with Crippen molar-refractivity contribution in [3.05, 3.63) is 47.8 Å². The van der Waals surface area contributed by atoms with Crippen molar-refractivity contribution in [1.82, 2.24) is 10.6 Å². The lowest BCUT2D eigenvalue weighted by molar-refractivity contribution is -0.121. The zero-order valence-corrected chi connectivity index (χ0v) is 13.7. The van der Waals surface area contributed by atoms with Gasteiger partial charge in [0.05, 0.1) is 6.26 Å². The van der Waals surface area contributed by atoms with Crippen LogP contribution in [0.25, 0.3) is 0 Å². The molecule has 1 fully saturated rings. The van der Waals surface area contributed by atoms with Crippen LogP contribution in [0.2, 0.25) is 0 Å². The van der Waals surface area contributed by atoms with Gasteiger partial charge in [-0.3, -0.25) is 9.59 Å². The summed E-state index contributed by atoms with van der Waals surface area (Å²) in [5.74, 6) is 3.09. The minimum atomic E-state index is -0.285. The Bertz CT molecular complexity index is 690. The quantitative estimate of drug-likeness (QED) is 0.728. The van der Waals surface area contributed by atoms with Crippen LogP contribution in [0, 0.1) is 5.92 Å². The monoisotopic (exact) mass is 330 g/mol. The van der Waals surface area contributed by atoms with Gasteiger partial charge in [0.15, 0.2) is 5.76 Å². The molecule has 2 N–H and O–H groups in total. The lowest BCUT2D eigenvalue weighted by Gasteiger charge is -2.05. The van der Waals surface area contributed by atoms with Gasteiger partial charge in [0.2, 0.25) is 5.91 Å². The molecular formula is C18H22N2O4. The molecular weight excluding hydrogens is 308 g/mol. The number of nitrogens with one attached hydrogen (secondary N) is 2. The standard InChI is InChI=1S/C18H22N2O4/c1-12-11-14(12)15-6-4-13(24-15)5-7-17(21)19-8-9-20-18(22)16-3-2-10-23-16/h2-4,6,10,12,14H,5,7-9,11H2,1H3,(H,19,21)(H,20,22)/t12-,14-/m0/s1. The van der Waals surface area contributed by atoms with Crippen LogP contribution in [0.3, 0.4) is 0 Å². The van der Waals surface area contributed by atoms with E-state index in [4.69, 9.17) is 8.83 Å². The third-order valence-electron chi connectivity index (χ3n) is 4.23. The van der Waals surface area contributed by atoms with E-state index in [0.29, 0.717) is 37.8 Å². The fourth-order valence-electron chi connectivity index (χ4n) is 2.64. The minimum absolute atomic E-state index is 0.0556. The Morgan fingerprint density at radius 2 is 2.00 bits per heavy atom. The first-order valence-corrected chi connectivity index (χ1v) is 8.30. The van der Waals surface area contributed by atoms with E-state index < -0.39 is 0 Å². The average Bonchev–Trinajstić information content (AvgIpc) is 3.03. The number of amides is 2. The molecule has 128 valence electrons. The van der Waals surface area contributed by atoms with Crippen LogP contribution in [-0.4, -0.2) is 24.9 Å². The first-order chi connectivity index (χ1) is 11.6. The maximum atomic E-state index is 11.8. The second kappa shape index (κ2) is 7.38. The third kappa shape index (κ3) is 4.28. The predicted octanol–water partition coefficient (Wildman–Crippen LogP) is 2.47. The van der Waals surface area contributed by atoms with E-state index in [1.807, 2.05) is 12.1 Å². The normalized spacial score (nSPS) is 19.0. The summed E-state index contributed by atoms with van der Waals surface area (Å²) in [6, 6.07) is 7.22. The Kier molecular flexibility index (Phi) is 5.03. The maximum absolute atomic E-state index is 11.8. The number of furan rings is 2. The molecule has 0 saturated heterocycles. The Balaban J connectivity index is 1.30. The summed E-state index contributed by atoms with van der Waals surface area (Å²) in [4.78, 5) is 23.4. The van der Waals surface area contributed by atoms with Crippen LogP contribution in [0.15, 0.2) is 39.4 Å². The van der Waals surface area contributed by atoms with Crippen molar-refractivity contribution in [1.29, 1.82) is 0 Å². The molecule has 1 saturated carbocycles. The van der Waals surface area contributed by atoms with Crippen LogP contribution in [0.4, 0.5) is 0 Å². The Morgan fingerprint density at radius 3 is 2.71 bits per heavy atom. The molecule has 1 aliphatic carbocycles. The van der Waals surface area contributed by atoms with E-state index in [0.717, 1.165) is 11.5 Å². The summed E-state index contributed by atoms with van der Waals surface area (Å²) >= 11 is 0. The first-order valence-electron chi connectivity index (χ1n) is 8.30. The molecule has 2 heterocycles. The molecule has 0 unspecified atom stereocenters. The molecule has 0 aliphatic heterocycles. The largest absolute Gasteiger partial charge is 0.466 e. The van der Waals surface area contributed by atoms with Crippen molar-refractivity contribution in [2.75, 3.05) is 13.1 Å². The molecule has 2 aromatic heterocycles. The molecule has 2 amide bonds. The van der Waals surface area contributed by atoms with Gasteiger partial charge in [-0.25, -0.2) is 0 Å². The molecule has 3 rings (SSSR count). The van der Waals surface area contributed by atoms with Crippen LogP contribution in [-0.2, 0) is 11.2 Å². The highest BCUT2D eigenvalue weighted by Crippen LogP contribution is 2.47. The van der Waals surface area contributed by atoms with Crippen molar-refractivity contribution < 1.29 is 18.4 Å². The third-order valence-corrected chi connectivity index (χ3v) is 4.23. The van der Waals surface area contributed by atoms with Crippen molar-refractivity contribution in [2.45, 2.75) is 32.1 Å². The number of aryl methyl sites for hydroxylation is 1. The van der Waals surface area contributed by atoms with Gasteiger partial charge in [0.1, 0.15) is 11.5 Å². The van der Waals surface area contributed by atoms with Gasteiger partial charge in [0, 0.05) is 31.8 Å². The Hall–Kier alpha value is -2.50. The summed E-state index contributed by atoms with van der Waals surface area (Å²) in [7, 11) is 0. The van der Waals surface area contributed by atoms with Crippen molar-refractivity contribution in [3.63, 3.8) is 0 Å². The predicted molar refractivity (Wildman–Crippen MR) is 87.6 cm³/mol. The Labute approximate surface area is 140 Å². The number of carbonyl (C=O) groups excluding carboxylic acids is 2. The zero-order valence-electron chi connectivity index (χ0n) is 13.7. The molecule has 24 heavy (non-hydrogen) atoms. The molecule has 0 radical (unpaired) electrons. The molecule has 0 bridgehead atoms. The number of hydrogen-bond acceptors (Lipinski definition) is 4. The van der Waals surface area contributed by atoms with Crippen LogP contribution >= 0.6 is 0 Å². The summed E-state index contributed by atoms with van der Waals surface area (Å²) < 4.78 is 10.8. The highest BCUT2D eigenvalue weighted by Gasteiger charge is 2.36. The molecule has 6 nitrogen and oxygen atoms in total. The van der Waals surface area contributed by atoms with Crippen LogP contribution in [0.5, 0.6) is 0 Å². The summed E-state index contributed by atoms with van der Waals surface area (Å²) in [6.07, 6.45) is 3.60. The average molecular weight is 330 g/mol. The topological polar surface area (TPSA) is 84.5 Å². The molecule has 0 spiro atoms. The smallest absolute Gasteiger partial charge is 0.287 e. The summed E-state index contributed by atoms with van der Waals surface area (Å²) in [5, 5.41) is 5.45. The number of rotatable bonds is 8. The van der Waals surface area contributed by atoms with E-state index in [1.54, 1.807) is 12.1 Å². The zero-order chi connectivity index (χ0) is 16.9. The molecule has 6 heteroatoms. The summed E-state index contributed by atoms with van der Waals surface area (Å²) in [5.41, 5.74) is 0. The Morgan fingerprint density at radius 1 is 1.21 bits per heavy atom. The molecule has 1 aliphatic rings. The molecule has 0 aromatic carbocycles. The van der Waals surface area contributed by atoms with Gasteiger partial charge in [-0.15, -0.1) is 0 Å². The van der Waals surface area contributed by atoms with Gasteiger partial charge >= 0.3 is 0 Å². The second-order valence-electron chi connectivity index (χ2n) is 6.21. The minimum Gasteiger partial charge on any atom is -0.466 e. The van der Waals surface area contributed by atoms with Crippen molar-refractivity contribution >= 4 is 11.8 Å². The fourth-order valence-corrected chi connectivity index (χ4v) is 2.64. The van der Waals surface area contributed by atoms with Crippen molar-refractivity contribution in [2.24, 2.45) is 5.92 Å². The van der Waals surface area contributed by atoms with Crippen LogP contribution in [0.1, 0.15) is 47.8 Å². The highest BCUT2D eigenvalue weighted by atomic mass is 16.3. The molecule has 2 aromatic rings. The van der Waals surface area contributed by atoms with Gasteiger partial charge in [0.25, 0.3) is 5.91 Å². The van der Waals surface area contributed by atoms with Crippen molar-refractivity contribution in [3.8, 4) is 0 Å². The number of carbonyl (C=O) groups is 2. The summed E-state index contributed by atoms with van der Waals surface area (Å²) in [6.45, 7) is 2.95. The van der Waals surface area contributed by atoms with E-state index in [-0.39, 0.29) is 17.6 Å². The second-order valence-corrected chi connectivity index (χ2v) is 6.21. The van der Waals surface area contributed by atoms with Gasteiger partial charge in [-0.05, 0) is 36.6 Å². The van der Waals surface area contributed by atoms with Gasteiger partial charge in [-0.2, -0.15) is 0 Å². The highest BCUT2D eigenvalue weighted by molar-refractivity contribution is 5.91. The SMILES string of the molecule is C[C@H]1C[C@@H]1c1ccc(CCC(=O)NCCNC(=O)c2ccco2)o1. The van der Waals surface area contributed by atoms with E-state index in [9.17, 15) is 9.59 Å². The van der Waals surface area contributed by atoms with Gasteiger partial charge < -0.3 is 19.5 Å². The lowest BCUT2D eigenvalue weighted by atomic mass is 10.2.